The van der Waals surface area contributed by atoms with E-state index in [-0.39, 0.29) is 44.6 Å². The van der Waals surface area contributed by atoms with E-state index in [1.807, 2.05) is 0 Å². The van der Waals surface area contributed by atoms with E-state index in [1.54, 1.807) is 5.56 Å². The van der Waals surface area contributed by atoms with Gasteiger partial charge < -0.3 is 14.2 Å². The second kappa shape index (κ2) is 15.1. The summed E-state index contributed by atoms with van der Waals surface area (Å²) in [6.45, 7) is 41.1. The molecule has 0 saturated heterocycles. The molecule has 0 spiro atoms. The molecule has 0 amide bonds. The molecular weight excluding hydrogens is 896 g/mol. The number of fused-ring (bicyclic) bond motifs is 10. The monoisotopic (exact) mass is 977 g/mol. The van der Waals surface area contributed by atoms with E-state index >= 15 is 0 Å². The molecule has 2 aliphatic heterocycles. The lowest BCUT2D eigenvalue weighted by molar-refractivity contribution is 0.188. The molecule has 3 nitrogen and oxygen atoms in total. The molecule has 5 aliphatic carbocycles. The Hall–Kier alpha value is -5.48. The van der Waals surface area contributed by atoms with Crippen LogP contribution >= 0.6 is 0 Å². The van der Waals surface area contributed by atoms with Gasteiger partial charge in [0.1, 0.15) is 5.58 Å². The van der Waals surface area contributed by atoms with Gasteiger partial charge in [0.05, 0.1) is 11.3 Å². The standard InChI is InChI=1S/C70H81BN2O/c1-40-30-42(3)60(43(4)31-40)44-33-57-61-58(34-44)73(55-38-51-49(32-41(55)2)66(10,11)24-25-68(51,14)15)56-35-45(64(5,6)7)18-21-54(56)71(61)63-62(72(57)46-19-20-48-50(36-46)67(12,13)23-22-65(48,8)9)47-37-52-53(39-59(47)74-63)70(17)28-26-69(52,16)27-29-70/h18-21,30-39H,22-29H2,1-17H3. The van der Waals surface area contributed by atoms with Crippen molar-refractivity contribution in [2.45, 2.75) is 207 Å². The van der Waals surface area contributed by atoms with Crippen molar-refractivity contribution in [3.63, 3.8) is 0 Å². The van der Waals surface area contributed by atoms with Crippen molar-refractivity contribution in [1.82, 2.24) is 0 Å². The summed E-state index contributed by atoms with van der Waals surface area (Å²) in [6.07, 6.45) is 9.66. The van der Waals surface area contributed by atoms with E-state index < -0.39 is 0 Å². The van der Waals surface area contributed by atoms with Crippen LogP contribution in [0, 0.1) is 27.7 Å². The lowest BCUT2D eigenvalue weighted by Gasteiger charge is -2.52. The van der Waals surface area contributed by atoms with Gasteiger partial charge in [-0.3, -0.25) is 0 Å². The molecular formula is C70H81BN2O. The summed E-state index contributed by atoms with van der Waals surface area (Å²) in [5, 5.41) is 1.25. The van der Waals surface area contributed by atoms with Crippen LogP contribution in [0.2, 0.25) is 0 Å². The third-order valence-corrected chi connectivity index (χ3v) is 20.9. The average molecular weight is 977 g/mol. The molecule has 1 aromatic heterocycles. The summed E-state index contributed by atoms with van der Waals surface area (Å²) in [5.74, 6) is 0. The zero-order valence-corrected chi connectivity index (χ0v) is 48.1. The lowest BCUT2D eigenvalue weighted by atomic mass is 9.35. The van der Waals surface area contributed by atoms with Crippen LogP contribution in [0.25, 0.3) is 22.1 Å². The van der Waals surface area contributed by atoms with Gasteiger partial charge in [0.15, 0.2) is 0 Å². The minimum Gasteiger partial charge on any atom is -0.468 e. The smallest absolute Gasteiger partial charge is 0.297 e. The molecule has 0 atom stereocenters. The summed E-state index contributed by atoms with van der Waals surface area (Å²) >= 11 is 0. The van der Waals surface area contributed by atoms with Gasteiger partial charge in [0.25, 0.3) is 6.71 Å². The van der Waals surface area contributed by atoms with Gasteiger partial charge in [-0.15, -0.1) is 0 Å². The SMILES string of the molecule is Cc1cc(C)c(-c2cc3c4c(c2)N(c2ccc5c(c2)C(C)(C)CCC5(C)C)c2c(oc5cc6c(cc25)C2(C)CCC6(C)CC2)B4c2ccc(C(C)(C)C)cc2N3c2cc3c(cc2C)C(C)(C)CCC3(C)C)c(C)c1. The predicted octanol–water partition coefficient (Wildman–Crippen LogP) is 17.5. The van der Waals surface area contributed by atoms with E-state index in [0.29, 0.717) is 0 Å². The van der Waals surface area contributed by atoms with E-state index in [9.17, 15) is 0 Å². The van der Waals surface area contributed by atoms with Gasteiger partial charge in [0, 0.05) is 33.8 Å². The maximum Gasteiger partial charge on any atom is 0.297 e. The fraction of sp³-hybridized carbons (Fsp3) is 0.457. The van der Waals surface area contributed by atoms with E-state index in [4.69, 9.17) is 4.42 Å². The van der Waals surface area contributed by atoms with Gasteiger partial charge in [-0.2, -0.15) is 0 Å². The summed E-state index contributed by atoms with van der Waals surface area (Å²) in [7, 11) is 0. The number of hydrogen-bond acceptors (Lipinski definition) is 3. The molecule has 74 heavy (non-hydrogen) atoms. The minimum absolute atomic E-state index is 0.0348. The molecule has 1 fully saturated rings. The zero-order chi connectivity index (χ0) is 52.4. The zero-order valence-electron chi connectivity index (χ0n) is 48.1. The van der Waals surface area contributed by atoms with Crippen molar-refractivity contribution < 1.29 is 4.42 Å². The Bertz CT molecular complexity index is 3570. The van der Waals surface area contributed by atoms with Crippen molar-refractivity contribution in [3.8, 4) is 11.1 Å². The highest BCUT2D eigenvalue weighted by molar-refractivity contribution is 7.00. The number of hydrogen-bond donors (Lipinski definition) is 0. The maximum absolute atomic E-state index is 7.78. The minimum atomic E-state index is -0.130. The van der Waals surface area contributed by atoms with Gasteiger partial charge in [-0.25, -0.2) is 0 Å². The molecule has 7 aromatic rings. The van der Waals surface area contributed by atoms with Gasteiger partial charge in [0.2, 0.25) is 0 Å². The van der Waals surface area contributed by atoms with Crippen LogP contribution in [0.4, 0.5) is 34.1 Å². The number of furan rings is 1. The number of anilines is 6. The first-order chi connectivity index (χ1) is 34.6. The Kier molecular flexibility index (Phi) is 9.85. The highest BCUT2D eigenvalue weighted by Crippen LogP contribution is 2.59. The second-order valence-corrected chi connectivity index (χ2v) is 29.1. The first kappa shape index (κ1) is 48.2. The molecule has 0 N–H and O–H groups in total. The van der Waals surface area contributed by atoms with Crippen LogP contribution in [0.3, 0.4) is 0 Å². The van der Waals surface area contributed by atoms with Crippen molar-refractivity contribution in [2.24, 2.45) is 0 Å². The Morgan fingerprint density at radius 3 is 1.61 bits per heavy atom. The van der Waals surface area contributed by atoms with Crippen molar-refractivity contribution in [2.75, 3.05) is 9.80 Å². The number of rotatable bonds is 3. The molecule has 7 aliphatic rings. The highest BCUT2D eigenvalue weighted by atomic mass is 16.3. The third kappa shape index (κ3) is 6.70. The molecule has 0 unspecified atom stereocenters. The fourth-order valence-corrected chi connectivity index (χ4v) is 15.9. The van der Waals surface area contributed by atoms with Crippen molar-refractivity contribution in [1.29, 1.82) is 0 Å². The lowest BCUT2D eigenvalue weighted by Crippen LogP contribution is -2.61. The molecule has 3 heterocycles. The highest BCUT2D eigenvalue weighted by Gasteiger charge is 2.52. The Balaban J connectivity index is 1.20. The van der Waals surface area contributed by atoms with Gasteiger partial charge in [-0.05, 0) is 243 Å². The van der Waals surface area contributed by atoms with Crippen LogP contribution < -0.4 is 26.4 Å². The van der Waals surface area contributed by atoms with Crippen LogP contribution in [0.15, 0.2) is 89.3 Å². The molecule has 6 aromatic carbocycles. The second-order valence-electron chi connectivity index (χ2n) is 29.1. The molecule has 1 saturated carbocycles. The first-order valence-corrected chi connectivity index (χ1v) is 28.5. The van der Waals surface area contributed by atoms with E-state index in [0.717, 1.165) is 17.7 Å². The topological polar surface area (TPSA) is 19.6 Å². The number of aryl methyl sites for hydroxylation is 4. The maximum atomic E-state index is 7.78. The van der Waals surface area contributed by atoms with Crippen LogP contribution in [-0.4, -0.2) is 6.71 Å². The van der Waals surface area contributed by atoms with Gasteiger partial charge in [-0.1, -0.05) is 132 Å². The van der Waals surface area contributed by atoms with E-state index in [2.05, 4.69) is 212 Å². The van der Waals surface area contributed by atoms with Crippen LogP contribution in [-0.2, 0) is 37.9 Å². The van der Waals surface area contributed by atoms with Gasteiger partial charge >= 0.3 is 0 Å². The third-order valence-electron chi connectivity index (χ3n) is 20.9. The molecule has 14 rings (SSSR count). The predicted molar refractivity (Wildman–Crippen MR) is 317 cm³/mol. The fourth-order valence-electron chi connectivity index (χ4n) is 15.9. The number of nitrogens with zero attached hydrogens (tertiary/aromatic N) is 2. The summed E-state index contributed by atoms with van der Waals surface area (Å²) < 4.78 is 7.78. The molecule has 4 heteroatoms. The molecule has 380 valence electrons. The molecule has 2 bridgehead atoms. The van der Waals surface area contributed by atoms with Crippen molar-refractivity contribution in [3.05, 3.63) is 146 Å². The van der Waals surface area contributed by atoms with Crippen LogP contribution in [0.1, 0.15) is 203 Å². The summed E-state index contributed by atoms with van der Waals surface area (Å²) in [4.78, 5) is 5.42. The summed E-state index contributed by atoms with van der Waals surface area (Å²) in [5.41, 5.74) is 31.0. The number of benzene rings is 6. The summed E-state index contributed by atoms with van der Waals surface area (Å²) in [6, 6.07) is 35.4. The average Bonchev–Trinajstić information content (AvgIpc) is 3.70. The largest absolute Gasteiger partial charge is 0.468 e. The Morgan fingerprint density at radius 2 is 1.01 bits per heavy atom. The quantitative estimate of drug-likeness (QED) is 0.165. The first-order valence-electron chi connectivity index (χ1n) is 28.5. The van der Waals surface area contributed by atoms with Crippen molar-refractivity contribution >= 4 is 68.4 Å². The normalized spacial score (nSPS) is 23.2. The van der Waals surface area contributed by atoms with Crippen LogP contribution in [0.5, 0.6) is 0 Å². The Morgan fingerprint density at radius 1 is 0.473 bits per heavy atom. The molecule has 0 radical (unpaired) electrons. The van der Waals surface area contributed by atoms with E-state index in [1.165, 1.54) is 162 Å². The Labute approximate surface area is 444 Å².